The Hall–Kier alpha value is -0.170. The van der Waals surface area contributed by atoms with Crippen LogP contribution in [-0.4, -0.2) is 32.2 Å². The summed E-state index contributed by atoms with van der Waals surface area (Å²) in [6.07, 6.45) is 2.65. The van der Waals surface area contributed by atoms with E-state index in [9.17, 15) is 8.42 Å². The van der Waals surface area contributed by atoms with E-state index in [1.54, 1.807) is 20.8 Å². The predicted molar refractivity (Wildman–Crippen MR) is 63.2 cm³/mol. The molecule has 0 unspecified atom stereocenters. The van der Waals surface area contributed by atoms with Crippen LogP contribution in [0.15, 0.2) is 0 Å². The van der Waals surface area contributed by atoms with Crippen LogP contribution in [-0.2, 0) is 10.2 Å². The lowest BCUT2D eigenvalue weighted by Crippen LogP contribution is -2.48. The van der Waals surface area contributed by atoms with Crippen molar-refractivity contribution in [2.24, 2.45) is 5.41 Å². The molecular formula is C10H22N2O3S. The molecular weight excluding hydrogens is 228 g/mol. The molecule has 1 fully saturated rings. The Labute approximate surface area is 97.8 Å². The SMILES string of the molecule is CC(C)(C)NS(=O)(=O)NCC1(CCO)CC1. The summed E-state index contributed by atoms with van der Waals surface area (Å²) in [4.78, 5) is 0. The molecule has 0 atom stereocenters. The van der Waals surface area contributed by atoms with Crippen molar-refractivity contribution in [1.29, 1.82) is 0 Å². The smallest absolute Gasteiger partial charge is 0.277 e. The molecule has 0 radical (unpaired) electrons. The summed E-state index contributed by atoms with van der Waals surface area (Å²) in [5.41, 5.74) is -0.471. The highest BCUT2D eigenvalue weighted by Gasteiger charge is 2.42. The zero-order chi connectivity index (χ0) is 12.4. The van der Waals surface area contributed by atoms with Crippen molar-refractivity contribution in [2.45, 2.75) is 45.6 Å². The van der Waals surface area contributed by atoms with Gasteiger partial charge in [-0.25, -0.2) is 4.72 Å². The first-order valence-corrected chi connectivity index (χ1v) is 7.06. The molecule has 6 heteroatoms. The number of aliphatic hydroxyl groups excluding tert-OH is 1. The van der Waals surface area contributed by atoms with Crippen molar-refractivity contribution in [3.8, 4) is 0 Å². The van der Waals surface area contributed by atoms with Crippen LogP contribution in [0.2, 0.25) is 0 Å². The van der Waals surface area contributed by atoms with E-state index in [2.05, 4.69) is 9.44 Å². The van der Waals surface area contributed by atoms with E-state index in [0.717, 1.165) is 12.8 Å². The quantitative estimate of drug-likeness (QED) is 0.637. The molecule has 1 saturated carbocycles. The van der Waals surface area contributed by atoms with Gasteiger partial charge in [-0.2, -0.15) is 13.1 Å². The van der Waals surface area contributed by atoms with Crippen molar-refractivity contribution in [3.63, 3.8) is 0 Å². The van der Waals surface area contributed by atoms with Gasteiger partial charge in [-0.1, -0.05) is 0 Å². The Balaban J connectivity index is 2.43. The number of hydrogen-bond acceptors (Lipinski definition) is 3. The van der Waals surface area contributed by atoms with Crippen molar-refractivity contribution < 1.29 is 13.5 Å². The Kier molecular flexibility index (Phi) is 3.99. The summed E-state index contributed by atoms with van der Waals surface area (Å²) in [5, 5.41) is 8.86. The molecule has 0 saturated heterocycles. The van der Waals surface area contributed by atoms with Gasteiger partial charge in [0.05, 0.1) is 0 Å². The zero-order valence-electron chi connectivity index (χ0n) is 10.2. The number of rotatable bonds is 6. The maximum Gasteiger partial charge on any atom is 0.277 e. The highest BCUT2D eigenvalue weighted by atomic mass is 32.2. The molecule has 0 aliphatic heterocycles. The second kappa shape index (κ2) is 4.60. The fourth-order valence-corrected chi connectivity index (χ4v) is 2.99. The largest absolute Gasteiger partial charge is 0.396 e. The van der Waals surface area contributed by atoms with Crippen molar-refractivity contribution in [2.75, 3.05) is 13.2 Å². The van der Waals surface area contributed by atoms with Crippen molar-refractivity contribution in [1.82, 2.24) is 9.44 Å². The highest BCUT2D eigenvalue weighted by Crippen LogP contribution is 2.47. The van der Waals surface area contributed by atoms with Gasteiger partial charge in [0.25, 0.3) is 10.2 Å². The molecule has 0 aromatic carbocycles. The Morgan fingerprint density at radius 3 is 2.25 bits per heavy atom. The Morgan fingerprint density at radius 2 is 1.88 bits per heavy atom. The number of hydrogen-bond donors (Lipinski definition) is 3. The van der Waals surface area contributed by atoms with Gasteiger partial charge in [0, 0.05) is 18.7 Å². The van der Waals surface area contributed by atoms with E-state index in [-0.39, 0.29) is 12.0 Å². The molecule has 96 valence electrons. The minimum atomic E-state index is -3.43. The topological polar surface area (TPSA) is 78.4 Å². The molecule has 16 heavy (non-hydrogen) atoms. The lowest BCUT2D eigenvalue weighted by molar-refractivity contribution is 0.249. The van der Waals surface area contributed by atoms with E-state index < -0.39 is 15.7 Å². The van der Waals surface area contributed by atoms with Crippen LogP contribution < -0.4 is 9.44 Å². The van der Waals surface area contributed by atoms with Gasteiger partial charge in [-0.3, -0.25) is 0 Å². The van der Waals surface area contributed by atoms with Gasteiger partial charge in [0.15, 0.2) is 0 Å². The number of nitrogens with one attached hydrogen (secondary N) is 2. The normalized spacial score (nSPS) is 19.8. The second-order valence-corrected chi connectivity index (χ2v) is 7.15. The van der Waals surface area contributed by atoms with Crippen molar-refractivity contribution in [3.05, 3.63) is 0 Å². The Morgan fingerprint density at radius 1 is 1.31 bits per heavy atom. The zero-order valence-corrected chi connectivity index (χ0v) is 11.0. The van der Waals surface area contributed by atoms with Crippen LogP contribution in [0.4, 0.5) is 0 Å². The summed E-state index contributed by atoms with van der Waals surface area (Å²) in [7, 11) is -3.43. The Bertz CT molecular complexity index is 328. The molecule has 0 amide bonds. The molecule has 1 rings (SSSR count). The third kappa shape index (κ3) is 4.78. The van der Waals surface area contributed by atoms with Gasteiger partial charge in [-0.05, 0) is 45.4 Å². The van der Waals surface area contributed by atoms with Crippen molar-refractivity contribution >= 4 is 10.2 Å². The molecule has 0 aromatic heterocycles. The second-order valence-electron chi connectivity index (χ2n) is 5.65. The third-order valence-corrected chi connectivity index (χ3v) is 4.08. The molecule has 0 spiro atoms. The van der Waals surface area contributed by atoms with E-state index in [0.29, 0.717) is 13.0 Å². The van der Waals surface area contributed by atoms with E-state index >= 15 is 0 Å². The third-order valence-electron chi connectivity index (χ3n) is 2.68. The fourth-order valence-electron chi connectivity index (χ4n) is 1.62. The monoisotopic (exact) mass is 250 g/mol. The van der Waals surface area contributed by atoms with Crippen LogP contribution in [0.1, 0.15) is 40.0 Å². The standard InChI is InChI=1S/C10H22N2O3S/c1-9(2,3)12-16(14,15)11-8-10(4-5-10)6-7-13/h11-13H,4-8H2,1-3H3. The molecule has 1 aliphatic carbocycles. The fraction of sp³-hybridized carbons (Fsp3) is 1.00. The summed E-state index contributed by atoms with van der Waals surface area (Å²) in [6.45, 7) is 5.93. The summed E-state index contributed by atoms with van der Waals surface area (Å²) >= 11 is 0. The average molecular weight is 250 g/mol. The van der Waals surface area contributed by atoms with Gasteiger partial charge >= 0.3 is 0 Å². The molecule has 0 aromatic rings. The first-order chi connectivity index (χ1) is 7.18. The summed E-state index contributed by atoms with van der Waals surface area (Å²) in [6, 6.07) is 0. The van der Waals surface area contributed by atoms with Gasteiger partial charge in [0.2, 0.25) is 0 Å². The minimum absolute atomic E-state index is 0.00137. The molecule has 0 bridgehead atoms. The summed E-state index contributed by atoms with van der Waals surface area (Å²) in [5.74, 6) is 0. The van der Waals surface area contributed by atoms with Gasteiger partial charge in [-0.15, -0.1) is 0 Å². The molecule has 3 N–H and O–H groups in total. The average Bonchev–Trinajstić information content (AvgIpc) is 2.79. The van der Waals surface area contributed by atoms with Gasteiger partial charge < -0.3 is 5.11 Å². The van der Waals surface area contributed by atoms with Crippen LogP contribution in [0.5, 0.6) is 0 Å². The lowest BCUT2D eigenvalue weighted by Gasteiger charge is -2.22. The van der Waals surface area contributed by atoms with Crippen LogP contribution >= 0.6 is 0 Å². The van der Waals surface area contributed by atoms with Crippen LogP contribution in [0.25, 0.3) is 0 Å². The molecule has 0 heterocycles. The maximum absolute atomic E-state index is 11.6. The van der Waals surface area contributed by atoms with E-state index in [1.807, 2.05) is 0 Å². The van der Waals surface area contributed by atoms with Gasteiger partial charge in [0.1, 0.15) is 0 Å². The van der Waals surface area contributed by atoms with Crippen LogP contribution in [0, 0.1) is 5.41 Å². The first-order valence-electron chi connectivity index (χ1n) is 5.58. The van der Waals surface area contributed by atoms with E-state index in [4.69, 9.17) is 5.11 Å². The highest BCUT2D eigenvalue weighted by molar-refractivity contribution is 7.87. The molecule has 1 aliphatic rings. The molecule has 5 nitrogen and oxygen atoms in total. The minimum Gasteiger partial charge on any atom is -0.396 e. The van der Waals surface area contributed by atoms with E-state index in [1.165, 1.54) is 0 Å². The lowest BCUT2D eigenvalue weighted by atomic mass is 10.0. The maximum atomic E-state index is 11.6. The number of aliphatic hydroxyl groups is 1. The van der Waals surface area contributed by atoms with Crippen LogP contribution in [0.3, 0.4) is 0 Å². The predicted octanol–water partition coefficient (Wildman–Crippen LogP) is 0.371. The first kappa shape index (κ1) is 13.9. The summed E-state index contributed by atoms with van der Waals surface area (Å²) < 4.78 is 28.4.